The quantitative estimate of drug-likeness (QED) is 0.527. The molecule has 0 aliphatic rings. The van der Waals surface area contributed by atoms with Crippen LogP contribution >= 0.6 is 0 Å². The maximum absolute atomic E-state index is 11.6. The van der Waals surface area contributed by atoms with E-state index < -0.39 is 10.9 Å². The molecule has 7 nitrogen and oxygen atoms in total. The molecule has 1 aromatic carbocycles. The van der Waals surface area contributed by atoms with E-state index >= 15 is 0 Å². The van der Waals surface area contributed by atoms with Crippen LogP contribution in [0.5, 0.6) is 0 Å². The Morgan fingerprint density at radius 1 is 1.33 bits per heavy atom. The van der Waals surface area contributed by atoms with Crippen LogP contribution < -0.4 is 5.56 Å². The molecule has 0 unspecified atom stereocenters. The topological polar surface area (TPSA) is 102 Å². The third-order valence-corrected chi connectivity index (χ3v) is 2.76. The third kappa shape index (κ3) is 3.14. The molecule has 1 aromatic heterocycles. The number of benzene rings is 1. The average Bonchev–Trinajstić information content (AvgIpc) is 2.46. The average molecular weight is 288 g/mol. The zero-order valence-corrected chi connectivity index (χ0v) is 11.2. The van der Waals surface area contributed by atoms with Crippen LogP contribution in [0.1, 0.15) is 17.3 Å². The van der Waals surface area contributed by atoms with Crippen molar-refractivity contribution in [2.24, 2.45) is 0 Å². The molecule has 7 heteroatoms. The Hall–Kier alpha value is -2.96. The number of nitrogens with one attached hydrogen (secondary N) is 1. The fourth-order valence-corrected chi connectivity index (χ4v) is 1.86. The number of H-pyrrole nitrogens is 1. The van der Waals surface area contributed by atoms with Gasteiger partial charge in [0.25, 0.3) is 5.69 Å². The highest BCUT2D eigenvalue weighted by molar-refractivity contribution is 5.91. The predicted molar refractivity (Wildman–Crippen MR) is 75.1 cm³/mol. The first-order valence-corrected chi connectivity index (χ1v) is 6.18. The molecule has 0 saturated heterocycles. The van der Waals surface area contributed by atoms with Gasteiger partial charge in [0.05, 0.1) is 28.4 Å². The number of nitro benzene ring substituents is 1. The Kier molecular flexibility index (Phi) is 4.13. The van der Waals surface area contributed by atoms with E-state index in [1.54, 1.807) is 13.0 Å². The number of pyridine rings is 1. The molecule has 0 amide bonds. The summed E-state index contributed by atoms with van der Waals surface area (Å²) in [7, 11) is 0. The Labute approximate surface area is 119 Å². The fourth-order valence-electron chi connectivity index (χ4n) is 1.86. The summed E-state index contributed by atoms with van der Waals surface area (Å²) in [6.07, 6.45) is 0. The van der Waals surface area contributed by atoms with Gasteiger partial charge in [-0.25, -0.2) is 4.79 Å². The second-order valence-electron chi connectivity index (χ2n) is 4.14. The van der Waals surface area contributed by atoms with Crippen LogP contribution in [-0.4, -0.2) is 22.5 Å². The van der Waals surface area contributed by atoms with Gasteiger partial charge in [0, 0.05) is 12.1 Å². The summed E-state index contributed by atoms with van der Waals surface area (Å²) in [4.78, 5) is 36.0. The number of esters is 1. The molecule has 0 aliphatic heterocycles. The van der Waals surface area contributed by atoms with E-state index in [1.165, 1.54) is 24.3 Å². The first-order chi connectivity index (χ1) is 10.0. The van der Waals surface area contributed by atoms with Gasteiger partial charge in [-0.1, -0.05) is 6.07 Å². The molecule has 108 valence electrons. The van der Waals surface area contributed by atoms with Crippen molar-refractivity contribution < 1.29 is 14.5 Å². The normalized spacial score (nSPS) is 10.1. The fraction of sp³-hybridized carbons (Fsp3) is 0.143. The lowest BCUT2D eigenvalue weighted by atomic mass is 10.1. The molecule has 0 radical (unpaired) electrons. The molecule has 0 fully saturated rings. The van der Waals surface area contributed by atoms with Crippen LogP contribution in [0.2, 0.25) is 0 Å². The number of carbonyl (C=O) groups is 1. The molecule has 0 bridgehead atoms. The molecule has 0 aliphatic carbocycles. The minimum atomic E-state index is -0.631. The standard InChI is InChI=1S/C14H12N2O5/c1-2-21-14(18)9-6-7-10(12(8-9)16(19)20)11-4-3-5-13(17)15-11/h3-8H,2H2,1H3,(H,15,17). The zero-order valence-electron chi connectivity index (χ0n) is 11.2. The second kappa shape index (κ2) is 6.00. The summed E-state index contributed by atoms with van der Waals surface area (Å²) in [5.74, 6) is -0.631. The smallest absolute Gasteiger partial charge is 0.338 e. The first kappa shape index (κ1) is 14.4. The molecule has 2 rings (SSSR count). The van der Waals surface area contributed by atoms with Crippen LogP contribution in [-0.2, 0) is 4.74 Å². The predicted octanol–water partition coefficient (Wildman–Crippen LogP) is 2.13. The third-order valence-electron chi connectivity index (χ3n) is 2.76. The van der Waals surface area contributed by atoms with E-state index in [0.717, 1.165) is 6.07 Å². The van der Waals surface area contributed by atoms with Crippen LogP contribution in [0, 0.1) is 10.1 Å². The van der Waals surface area contributed by atoms with E-state index in [1.807, 2.05) is 0 Å². The Morgan fingerprint density at radius 2 is 2.10 bits per heavy atom. The number of hydrogen-bond donors (Lipinski definition) is 1. The van der Waals surface area contributed by atoms with Crippen molar-refractivity contribution in [1.82, 2.24) is 4.98 Å². The second-order valence-corrected chi connectivity index (χ2v) is 4.14. The lowest BCUT2D eigenvalue weighted by molar-refractivity contribution is -0.384. The number of rotatable bonds is 4. The summed E-state index contributed by atoms with van der Waals surface area (Å²) in [5.41, 5.74) is -0.0143. The summed E-state index contributed by atoms with van der Waals surface area (Å²) in [5, 5.41) is 11.2. The van der Waals surface area contributed by atoms with Gasteiger partial charge in [-0.2, -0.15) is 0 Å². The molecule has 1 N–H and O–H groups in total. The van der Waals surface area contributed by atoms with Crippen LogP contribution in [0.3, 0.4) is 0 Å². The van der Waals surface area contributed by atoms with Gasteiger partial charge < -0.3 is 9.72 Å². The number of aromatic nitrogens is 1. The Bertz CT molecular complexity index is 751. The molecule has 2 aromatic rings. The highest BCUT2D eigenvalue weighted by Crippen LogP contribution is 2.29. The highest BCUT2D eigenvalue weighted by atomic mass is 16.6. The van der Waals surface area contributed by atoms with Crippen molar-refractivity contribution in [2.75, 3.05) is 6.61 Å². The molecule has 21 heavy (non-hydrogen) atoms. The molecule has 0 atom stereocenters. The maximum Gasteiger partial charge on any atom is 0.338 e. The number of carbonyl (C=O) groups excluding carboxylic acids is 1. The maximum atomic E-state index is 11.6. The van der Waals surface area contributed by atoms with E-state index in [2.05, 4.69) is 4.98 Å². The van der Waals surface area contributed by atoms with Crippen molar-refractivity contribution in [3.63, 3.8) is 0 Å². The minimum absolute atomic E-state index is 0.0885. The summed E-state index contributed by atoms with van der Waals surface area (Å²) < 4.78 is 4.81. The Morgan fingerprint density at radius 3 is 2.71 bits per heavy atom. The number of nitrogens with zero attached hydrogens (tertiary/aromatic N) is 1. The number of aromatic amines is 1. The van der Waals surface area contributed by atoms with Crippen molar-refractivity contribution in [3.05, 3.63) is 62.4 Å². The number of hydrogen-bond acceptors (Lipinski definition) is 5. The molecule has 0 spiro atoms. The monoisotopic (exact) mass is 288 g/mol. The lowest BCUT2D eigenvalue weighted by Gasteiger charge is -2.06. The largest absolute Gasteiger partial charge is 0.462 e. The SMILES string of the molecule is CCOC(=O)c1ccc(-c2cccc(=O)[nH]2)c([N+](=O)[O-])c1. The molecular formula is C14H12N2O5. The molecule has 1 heterocycles. The van der Waals surface area contributed by atoms with Crippen LogP contribution in [0.25, 0.3) is 11.3 Å². The molecule has 0 saturated carbocycles. The van der Waals surface area contributed by atoms with Gasteiger partial charge in [0.1, 0.15) is 0 Å². The van der Waals surface area contributed by atoms with Gasteiger partial charge in [-0.05, 0) is 25.1 Å². The van der Waals surface area contributed by atoms with Crippen molar-refractivity contribution >= 4 is 11.7 Å². The minimum Gasteiger partial charge on any atom is -0.462 e. The van der Waals surface area contributed by atoms with Crippen molar-refractivity contribution in [2.45, 2.75) is 6.92 Å². The lowest BCUT2D eigenvalue weighted by Crippen LogP contribution is -2.07. The van der Waals surface area contributed by atoms with E-state index in [4.69, 9.17) is 4.74 Å². The highest BCUT2D eigenvalue weighted by Gasteiger charge is 2.19. The number of ether oxygens (including phenoxy) is 1. The zero-order chi connectivity index (χ0) is 15.4. The summed E-state index contributed by atoms with van der Waals surface area (Å²) in [6, 6.07) is 8.33. The van der Waals surface area contributed by atoms with Gasteiger partial charge in [0.15, 0.2) is 0 Å². The number of nitro groups is 1. The van der Waals surface area contributed by atoms with Crippen molar-refractivity contribution in [1.29, 1.82) is 0 Å². The Balaban J connectivity index is 2.55. The van der Waals surface area contributed by atoms with Gasteiger partial charge in [-0.3, -0.25) is 14.9 Å². The molecular weight excluding hydrogens is 276 g/mol. The van der Waals surface area contributed by atoms with E-state index in [0.29, 0.717) is 5.69 Å². The van der Waals surface area contributed by atoms with Gasteiger partial charge in [0.2, 0.25) is 5.56 Å². The van der Waals surface area contributed by atoms with Crippen LogP contribution in [0.4, 0.5) is 5.69 Å². The first-order valence-electron chi connectivity index (χ1n) is 6.18. The van der Waals surface area contributed by atoms with E-state index in [9.17, 15) is 19.7 Å². The van der Waals surface area contributed by atoms with Gasteiger partial charge >= 0.3 is 5.97 Å². The summed E-state index contributed by atoms with van der Waals surface area (Å²) in [6.45, 7) is 1.83. The van der Waals surface area contributed by atoms with E-state index in [-0.39, 0.29) is 29.0 Å². The van der Waals surface area contributed by atoms with Crippen LogP contribution in [0.15, 0.2) is 41.2 Å². The van der Waals surface area contributed by atoms with Crippen molar-refractivity contribution in [3.8, 4) is 11.3 Å². The summed E-state index contributed by atoms with van der Waals surface area (Å²) >= 11 is 0. The van der Waals surface area contributed by atoms with Gasteiger partial charge in [-0.15, -0.1) is 0 Å².